The smallest absolute Gasteiger partial charge is 0.309 e. The number of furan rings is 1. The van der Waals surface area contributed by atoms with Gasteiger partial charge in [0, 0.05) is 13.1 Å². The number of carbonyl (C=O) groups excluding carboxylic acids is 2. The summed E-state index contributed by atoms with van der Waals surface area (Å²) in [6.45, 7) is 4.90. The van der Waals surface area contributed by atoms with Gasteiger partial charge in [-0.25, -0.2) is 0 Å². The molecular weight excluding hydrogens is 246 g/mol. The number of piperidine rings is 1. The highest BCUT2D eigenvalue weighted by molar-refractivity contribution is 5.95. The Morgan fingerprint density at radius 2 is 2.21 bits per heavy atom. The maximum atomic E-state index is 12.3. The van der Waals surface area contributed by atoms with E-state index in [0.29, 0.717) is 30.8 Å². The molecule has 2 heterocycles. The van der Waals surface area contributed by atoms with E-state index in [1.165, 1.54) is 13.4 Å². The van der Waals surface area contributed by atoms with E-state index in [4.69, 9.17) is 9.15 Å². The van der Waals surface area contributed by atoms with Crippen LogP contribution in [-0.2, 0) is 9.53 Å². The molecule has 1 aromatic rings. The van der Waals surface area contributed by atoms with E-state index in [9.17, 15) is 9.59 Å². The van der Waals surface area contributed by atoms with Crippen LogP contribution in [0.1, 0.15) is 29.5 Å². The number of rotatable bonds is 2. The Morgan fingerprint density at radius 3 is 2.74 bits per heavy atom. The van der Waals surface area contributed by atoms with Crippen LogP contribution in [0.4, 0.5) is 0 Å². The number of amides is 1. The van der Waals surface area contributed by atoms with E-state index in [0.717, 1.165) is 0 Å². The number of esters is 1. The Kier molecular flexibility index (Phi) is 3.93. The van der Waals surface area contributed by atoms with Crippen molar-refractivity contribution < 1.29 is 18.7 Å². The molecular formula is C14H19NO4. The predicted molar refractivity (Wildman–Crippen MR) is 68.6 cm³/mol. The summed E-state index contributed by atoms with van der Waals surface area (Å²) in [5, 5.41) is 0. The summed E-state index contributed by atoms with van der Waals surface area (Å²) in [5.41, 5.74) is 0.601. The molecule has 104 valence electrons. The van der Waals surface area contributed by atoms with Crippen molar-refractivity contribution in [1.82, 2.24) is 4.90 Å². The highest BCUT2D eigenvalue weighted by Crippen LogP contribution is 2.26. The summed E-state index contributed by atoms with van der Waals surface area (Å²) in [6.07, 6.45) is 2.17. The summed E-state index contributed by atoms with van der Waals surface area (Å²) >= 11 is 0. The number of hydrogen-bond donors (Lipinski definition) is 0. The molecule has 19 heavy (non-hydrogen) atoms. The summed E-state index contributed by atoms with van der Waals surface area (Å²) in [6, 6.07) is 1.69. The maximum absolute atomic E-state index is 12.3. The molecule has 0 N–H and O–H groups in total. The molecule has 1 aliphatic heterocycles. The van der Waals surface area contributed by atoms with Gasteiger partial charge >= 0.3 is 5.97 Å². The van der Waals surface area contributed by atoms with Gasteiger partial charge in [0.1, 0.15) is 5.76 Å². The molecule has 1 amide bonds. The standard InChI is InChI=1S/C14H19NO4/c1-9-8-15(6-4-11(9)14(17)18-3)13(16)12-5-7-19-10(12)2/h5,7,9,11H,4,6,8H2,1-3H3. The highest BCUT2D eigenvalue weighted by Gasteiger charge is 2.34. The fourth-order valence-corrected chi connectivity index (χ4v) is 2.61. The van der Waals surface area contributed by atoms with E-state index >= 15 is 0 Å². The van der Waals surface area contributed by atoms with Gasteiger partial charge in [-0.2, -0.15) is 0 Å². The van der Waals surface area contributed by atoms with Crippen LogP contribution in [0.3, 0.4) is 0 Å². The molecule has 0 spiro atoms. The normalized spacial score (nSPS) is 23.2. The average Bonchev–Trinajstić information content (AvgIpc) is 2.83. The Hall–Kier alpha value is -1.78. The molecule has 1 fully saturated rings. The SMILES string of the molecule is COC(=O)C1CCN(C(=O)c2ccoc2C)CC1C. The molecule has 2 rings (SSSR count). The largest absolute Gasteiger partial charge is 0.469 e. The molecule has 2 atom stereocenters. The molecule has 1 aromatic heterocycles. The van der Waals surface area contributed by atoms with Gasteiger partial charge in [0.15, 0.2) is 0 Å². The number of ether oxygens (including phenoxy) is 1. The molecule has 0 aromatic carbocycles. The Morgan fingerprint density at radius 1 is 1.47 bits per heavy atom. The van der Waals surface area contributed by atoms with Gasteiger partial charge in [0.25, 0.3) is 5.91 Å². The highest BCUT2D eigenvalue weighted by atomic mass is 16.5. The van der Waals surface area contributed by atoms with Gasteiger partial charge in [-0.1, -0.05) is 6.92 Å². The van der Waals surface area contributed by atoms with Gasteiger partial charge in [0.2, 0.25) is 0 Å². The second kappa shape index (κ2) is 5.47. The third-order valence-corrected chi connectivity index (χ3v) is 3.79. The number of carbonyl (C=O) groups is 2. The van der Waals surface area contributed by atoms with Crippen molar-refractivity contribution in [1.29, 1.82) is 0 Å². The first-order valence-corrected chi connectivity index (χ1v) is 6.45. The number of nitrogens with zero attached hydrogens (tertiary/aromatic N) is 1. The Balaban J connectivity index is 2.04. The minimum atomic E-state index is -0.181. The lowest BCUT2D eigenvalue weighted by molar-refractivity contribution is -0.148. The third kappa shape index (κ3) is 2.64. The molecule has 5 nitrogen and oxygen atoms in total. The van der Waals surface area contributed by atoms with Crippen molar-refractivity contribution in [2.75, 3.05) is 20.2 Å². The second-order valence-electron chi connectivity index (χ2n) is 5.04. The third-order valence-electron chi connectivity index (χ3n) is 3.79. The van der Waals surface area contributed by atoms with Crippen molar-refractivity contribution in [2.24, 2.45) is 11.8 Å². The topological polar surface area (TPSA) is 59.8 Å². The van der Waals surface area contributed by atoms with Crippen molar-refractivity contribution in [3.8, 4) is 0 Å². The van der Waals surface area contributed by atoms with E-state index < -0.39 is 0 Å². The number of hydrogen-bond acceptors (Lipinski definition) is 4. The molecule has 2 unspecified atom stereocenters. The zero-order valence-electron chi connectivity index (χ0n) is 11.5. The van der Waals surface area contributed by atoms with Gasteiger partial charge in [-0.15, -0.1) is 0 Å². The minimum absolute atomic E-state index is 0.0265. The van der Waals surface area contributed by atoms with E-state index in [1.807, 2.05) is 6.92 Å². The van der Waals surface area contributed by atoms with Crippen LogP contribution >= 0.6 is 0 Å². The molecule has 0 radical (unpaired) electrons. The van der Waals surface area contributed by atoms with Crippen LogP contribution in [0.15, 0.2) is 16.7 Å². The molecule has 0 saturated carbocycles. The van der Waals surface area contributed by atoms with E-state index in [2.05, 4.69) is 0 Å². The van der Waals surface area contributed by atoms with Gasteiger partial charge in [0.05, 0.1) is 24.9 Å². The predicted octanol–water partition coefficient (Wildman–Crippen LogP) is 1.86. The zero-order valence-corrected chi connectivity index (χ0v) is 11.5. The van der Waals surface area contributed by atoms with Crippen molar-refractivity contribution >= 4 is 11.9 Å². The molecule has 0 aliphatic carbocycles. The average molecular weight is 265 g/mol. The van der Waals surface area contributed by atoms with Gasteiger partial charge in [-0.05, 0) is 25.3 Å². The van der Waals surface area contributed by atoms with Crippen molar-refractivity contribution in [2.45, 2.75) is 20.3 Å². The molecule has 1 saturated heterocycles. The van der Waals surface area contributed by atoms with Crippen LogP contribution in [0.2, 0.25) is 0 Å². The second-order valence-corrected chi connectivity index (χ2v) is 5.04. The summed E-state index contributed by atoms with van der Waals surface area (Å²) in [5.74, 6) is 0.421. The van der Waals surface area contributed by atoms with Crippen molar-refractivity contribution in [3.05, 3.63) is 23.7 Å². The van der Waals surface area contributed by atoms with E-state index in [-0.39, 0.29) is 23.7 Å². The van der Waals surface area contributed by atoms with Crippen LogP contribution in [0, 0.1) is 18.8 Å². The first-order chi connectivity index (χ1) is 9.04. The lowest BCUT2D eigenvalue weighted by Gasteiger charge is -2.35. The molecule has 0 bridgehead atoms. The van der Waals surface area contributed by atoms with Crippen molar-refractivity contribution in [3.63, 3.8) is 0 Å². The minimum Gasteiger partial charge on any atom is -0.469 e. The number of methoxy groups -OCH3 is 1. The fourth-order valence-electron chi connectivity index (χ4n) is 2.61. The monoisotopic (exact) mass is 265 g/mol. The van der Waals surface area contributed by atoms with E-state index in [1.54, 1.807) is 17.9 Å². The fraction of sp³-hybridized carbons (Fsp3) is 0.571. The number of aryl methyl sites for hydroxylation is 1. The van der Waals surface area contributed by atoms with Gasteiger partial charge in [-0.3, -0.25) is 9.59 Å². The lowest BCUT2D eigenvalue weighted by Crippen LogP contribution is -2.45. The Bertz CT molecular complexity index is 480. The maximum Gasteiger partial charge on any atom is 0.309 e. The lowest BCUT2D eigenvalue weighted by atomic mass is 9.86. The van der Waals surface area contributed by atoms with Crippen LogP contribution in [-0.4, -0.2) is 37.0 Å². The number of likely N-dealkylation sites (tertiary alicyclic amines) is 1. The summed E-state index contributed by atoms with van der Waals surface area (Å²) in [4.78, 5) is 25.7. The van der Waals surface area contributed by atoms with Crippen LogP contribution < -0.4 is 0 Å². The first kappa shape index (κ1) is 13.6. The zero-order chi connectivity index (χ0) is 14.0. The molecule has 5 heteroatoms. The van der Waals surface area contributed by atoms with Crippen LogP contribution in [0.5, 0.6) is 0 Å². The summed E-state index contributed by atoms with van der Waals surface area (Å²) in [7, 11) is 1.40. The summed E-state index contributed by atoms with van der Waals surface area (Å²) < 4.78 is 9.95. The first-order valence-electron chi connectivity index (χ1n) is 6.45. The van der Waals surface area contributed by atoms with Gasteiger partial charge < -0.3 is 14.1 Å². The quantitative estimate of drug-likeness (QED) is 0.766. The molecule has 1 aliphatic rings. The Labute approximate surface area is 112 Å². The van der Waals surface area contributed by atoms with Crippen LogP contribution in [0.25, 0.3) is 0 Å².